The van der Waals surface area contributed by atoms with E-state index in [1.54, 1.807) is 0 Å². The summed E-state index contributed by atoms with van der Waals surface area (Å²) in [5, 5.41) is 15.5. The van der Waals surface area contributed by atoms with Crippen molar-refractivity contribution in [3.05, 3.63) is 65.7 Å². The summed E-state index contributed by atoms with van der Waals surface area (Å²) in [6, 6.07) is 18.8. The normalized spacial score (nSPS) is 25.5. The summed E-state index contributed by atoms with van der Waals surface area (Å²) >= 11 is 0. The van der Waals surface area contributed by atoms with Crippen molar-refractivity contribution in [1.29, 1.82) is 0 Å². The standard InChI is InChI=1S/C27H25N3O3/c1-27-15(14-31)11-23(33-27)30-21-10-6-4-8-17(21)24-22(30)12-18(19-13-28-26(32)25(19)24)16-7-3-5-9-20(16)29(27)2/h3-10,12,15,23,31H,11,13-14H2,1-2H3,(H,28,32)/t15-,23?,27+/m1/s1. The summed E-state index contributed by atoms with van der Waals surface area (Å²) in [5.74, 6) is -0.0866. The average Bonchev–Trinajstić information content (AvgIpc) is 3.49. The van der Waals surface area contributed by atoms with E-state index >= 15 is 0 Å². The van der Waals surface area contributed by atoms with E-state index in [9.17, 15) is 9.90 Å². The molecule has 166 valence electrons. The minimum atomic E-state index is -0.680. The number of carbonyl (C=O) groups excluding carboxylic acids is 1. The van der Waals surface area contributed by atoms with Gasteiger partial charge in [-0.25, -0.2) is 0 Å². The maximum Gasteiger partial charge on any atom is 0.252 e. The first-order chi connectivity index (χ1) is 16.0. The van der Waals surface area contributed by atoms with Crippen molar-refractivity contribution in [3.63, 3.8) is 0 Å². The number of nitrogens with one attached hydrogen (secondary N) is 1. The van der Waals surface area contributed by atoms with Gasteiger partial charge in [-0.2, -0.15) is 0 Å². The first-order valence-corrected chi connectivity index (χ1v) is 11.5. The highest BCUT2D eigenvalue weighted by molar-refractivity contribution is 6.21. The van der Waals surface area contributed by atoms with Crippen molar-refractivity contribution in [2.75, 3.05) is 18.6 Å². The minimum absolute atomic E-state index is 0.0203. The first-order valence-electron chi connectivity index (χ1n) is 11.5. The Hall–Kier alpha value is -3.35. The lowest BCUT2D eigenvalue weighted by Gasteiger charge is -2.41. The number of nitrogens with zero attached hydrogens (tertiary/aromatic N) is 2. The largest absolute Gasteiger partial charge is 0.396 e. The first kappa shape index (κ1) is 19.1. The zero-order valence-electron chi connectivity index (χ0n) is 18.6. The number of carbonyl (C=O) groups is 1. The van der Waals surface area contributed by atoms with Gasteiger partial charge in [0.1, 0.15) is 12.0 Å². The predicted octanol–water partition coefficient (Wildman–Crippen LogP) is 4.40. The molecule has 4 heterocycles. The molecule has 3 aliphatic heterocycles. The second kappa shape index (κ2) is 6.37. The Labute approximate surface area is 191 Å². The molecule has 1 unspecified atom stereocenters. The Balaban J connectivity index is 1.71. The van der Waals surface area contributed by atoms with Crippen LogP contribution in [0.25, 0.3) is 32.9 Å². The zero-order chi connectivity index (χ0) is 22.5. The summed E-state index contributed by atoms with van der Waals surface area (Å²) in [4.78, 5) is 15.3. The van der Waals surface area contributed by atoms with E-state index in [1.807, 2.05) is 31.3 Å². The van der Waals surface area contributed by atoms with Crippen LogP contribution in [0.5, 0.6) is 0 Å². The van der Waals surface area contributed by atoms with Gasteiger partial charge in [0, 0.05) is 48.0 Å². The Morgan fingerprint density at radius 3 is 2.76 bits per heavy atom. The Morgan fingerprint density at radius 1 is 1.12 bits per heavy atom. The van der Waals surface area contributed by atoms with Gasteiger partial charge in [0.05, 0.1) is 23.2 Å². The average molecular weight is 440 g/mol. The number of ether oxygens (including phenoxy) is 1. The molecular formula is C27H25N3O3. The fourth-order valence-corrected chi connectivity index (χ4v) is 6.31. The Kier molecular flexibility index (Phi) is 3.70. The molecule has 0 saturated carbocycles. The van der Waals surface area contributed by atoms with Gasteiger partial charge in [0.25, 0.3) is 5.91 Å². The highest BCUT2D eigenvalue weighted by atomic mass is 16.5. The van der Waals surface area contributed by atoms with Crippen LogP contribution in [-0.2, 0) is 11.3 Å². The molecule has 1 aromatic heterocycles. The molecule has 3 aromatic carbocycles. The van der Waals surface area contributed by atoms with Gasteiger partial charge in [-0.05, 0) is 36.2 Å². The third-order valence-electron chi connectivity index (χ3n) is 8.11. The summed E-state index contributed by atoms with van der Waals surface area (Å²) in [7, 11) is 2.04. The van der Waals surface area contributed by atoms with Crippen LogP contribution in [0.15, 0.2) is 54.6 Å². The van der Waals surface area contributed by atoms with Gasteiger partial charge in [0.2, 0.25) is 0 Å². The molecule has 0 spiro atoms. The second-order valence-corrected chi connectivity index (χ2v) is 9.56. The van der Waals surface area contributed by atoms with Crippen molar-refractivity contribution in [2.45, 2.75) is 31.8 Å². The third-order valence-corrected chi connectivity index (χ3v) is 8.11. The highest BCUT2D eigenvalue weighted by Crippen LogP contribution is 2.51. The number of amides is 1. The predicted molar refractivity (Wildman–Crippen MR) is 128 cm³/mol. The monoisotopic (exact) mass is 439 g/mol. The molecule has 1 fully saturated rings. The lowest BCUT2D eigenvalue weighted by Crippen LogP contribution is -2.50. The molecule has 0 radical (unpaired) electrons. The van der Waals surface area contributed by atoms with Gasteiger partial charge < -0.3 is 24.6 Å². The zero-order valence-corrected chi connectivity index (χ0v) is 18.6. The van der Waals surface area contributed by atoms with Crippen LogP contribution in [0, 0.1) is 5.92 Å². The SMILES string of the molecule is CN1c2ccccc2-c2cc3c(c4c2CNC4=O)c2ccccc2n3C2C[C@H](CO)[C@]1(C)O2. The van der Waals surface area contributed by atoms with Gasteiger partial charge in [-0.1, -0.05) is 36.4 Å². The molecule has 6 nitrogen and oxygen atoms in total. The van der Waals surface area contributed by atoms with E-state index in [0.717, 1.165) is 49.7 Å². The molecule has 2 N–H and O–H groups in total. The minimum Gasteiger partial charge on any atom is -0.396 e. The number of hydrogen-bond donors (Lipinski definition) is 2. The Morgan fingerprint density at radius 2 is 1.91 bits per heavy atom. The van der Waals surface area contributed by atoms with Crippen LogP contribution >= 0.6 is 0 Å². The second-order valence-electron chi connectivity index (χ2n) is 9.56. The number of aliphatic hydroxyl groups is 1. The van der Waals surface area contributed by atoms with E-state index in [4.69, 9.17) is 4.74 Å². The quantitative estimate of drug-likeness (QED) is 0.461. The van der Waals surface area contributed by atoms with Crippen LogP contribution in [-0.4, -0.2) is 35.0 Å². The number of fused-ring (bicyclic) bond motifs is 12. The lowest BCUT2D eigenvalue weighted by atomic mass is 9.91. The molecule has 3 atom stereocenters. The van der Waals surface area contributed by atoms with Gasteiger partial charge >= 0.3 is 0 Å². The summed E-state index contributed by atoms with van der Waals surface area (Å²) in [5.41, 5.74) is 6.38. The molecular weight excluding hydrogens is 414 g/mol. The molecule has 0 aliphatic carbocycles. The van der Waals surface area contributed by atoms with E-state index in [0.29, 0.717) is 13.0 Å². The van der Waals surface area contributed by atoms with Crippen molar-refractivity contribution in [3.8, 4) is 11.1 Å². The van der Waals surface area contributed by atoms with Crippen LogP contribution in [0.2, 0.25) is 0 Å². The van der Waals surface area contributed by atoms with Crippen LogP contribution in [0.1, 0.15) is 35.5 Å². The van der Waals surface area contributed by atoms with Crippen molar-refractivity contribution >= 4 is 33.4 Å². The fraction of sp³-hybridized carbons (Fsp3) is 0.296. The number of anilines is 1. The number of rotatable bonds is 1. The van der Waals surface area contributed by atoms with E-state index in [-0.39, 0.29) is 24.7 Å². The molecule has 1 amide bonds. The topological polar surface area (TPSA) is 66.7 Å². The Bertz CT molecular complexity index is 1490. The van der Waals surface area contributed by atoms with Crippen molar-refractivity contribution < 1.29 is 14.6 Å². The van der Waals surface area contributed by atoms with Gasteiger partial charge in [-0.15, -0.1) is 0 Å². The molecule has 33 heavy (non-hydrogen) atoms. The molecule has 3 aliphatic rings. The number of benzene rings is 3. The van der Waals surface area contributed by atoms with Crippen molar-refractivity contribution in [2.24, 2.45) is 5.92 Å². The van der Waals surface area contributed by atoms with Gasteiger partial charge in [0.15, 0.2) is 0 Å². The maximum atomic E-state index is 13.2. The smallest absolute Gasteiger partial charge is 0.252 e. The maximum absolute atomic E-state index is 13.2. The van der Waals surface area contributed by atoms with Crippen LogP contribution in [0.4, 0.5) is 5.69 Å². The number of aromatic nitrogens is 1. The van der Waals surface area contributed by atoms with Gasteiger partial charge in [-0.3, -0.25) is 4.79 Å². The summed E-state index contributed by atoms with van der Waals surface area (Å²) < 4.78 is 9.07. The number of aliphatic hydroxyl groups excluding tert-OH is 1. The lowest BCUT2D eigenvalue weighted by molar-refractivity contribution is -0.0740. The number of para-hydroxylation sites is 2. The molecule has 7 rings (SSSR count). The molecule has 4 aromatic rings. The highest BCUT2D eigenvalue weighted by Gasteiger charge is 2.50. The fourth-order valence-electron chi connectivity index (χ4n) is 6.31. The van der Waals surface area contributed by atoms with Crippen LogP contribution in [0.3, 0.4) is 0 Å². The van der Waals surface area contributed by atoms with E-state index in [1.165, 1.54) is 0 Å². The van der Waals surface area contributed by atoms with E-state index < -0.39 is 5.72 Å². The third kappa shape index (κ3) is 2.27. The molecule has 1 saturated heterocycles. The van der Waals surface area contributed by atoms with Crippen molar-refractivity contribution in [1.82, 2.24) is 9.88 Å². The summed E-state index contributed by atoms with van der Waals surface area (Å²) in [6.07, 6.45) is 0.434. The molecule has 4 bridgehead atoms. The van der Waals surface area contributed by atoms with E-state index in [2.05, 4.69) is 52.0 Å². The summed E-state index contributed by atoms with van der Waals surface area (Å²) in [6.45, 7) is 2.64. The van der Waals surface area contributed by atoms with Crippen LogP contribution < -0.4 is 10.2 Å². The molecule has 6 heteroatoms. The number of hydrogen-bond acceptors (Lipinski definition) is 4.